The van der Waals surface area contributed by atoms with Gasteiger partial charge in [0.2, 0.25) is 5.82 Å². The van der Waals surface area contributed by atoms with Crippen molar-refractivity contribution in [3.05, 3.63) is 63.9 Å². The van der Waals surface area contributed by atoms with Crippen LogP contribution in [0.15, 0.2) is 42.5 Å². The fourth-order valence-corrected chi connectivity index (χ4v) is 5.08. The summed E-state index contributed by atoms with van der Waals surface area (Å²) in [5.41, 5.74) is 0.679. The van der Waals surface area contributed by atoms with Crippen molar-refractivity contribution in [3.63, 3.8) is 0 Å². The summed E-state index contributed by atoms with van der Waals surface area (Å²) in [6, 6.07) is 10.8. The summed E-state index contributed by atoms with van der Waals surface area (Å²) in [5, 5.41) is 12.1. The molecule has 7 nitrogen and oxygen atoms in total. The van der Waals surface area contributed by atoms with Crippen molar-refractivity contribution in [2.75, 3.05) is 44.2 Å². The molecule has 36 heavy (non-hydrogen) atoms. The number of aliphatic hydroxyl groups excluding tert-OH is 1. The first-order valence-electron chi connectivity index (χ1n) is 11.4. The van der Waals surface area contributed by atoms with Gasteiger partial charge in [-0.3, -0.25) is 9.69 Å². The molecule has 0 radical (unpaired) electrons. The fraction of sp³-hybridized carbons (Fsp3) is 0.375. The number of hydrogen-bond acceptors (Lipinski definition) is 6. The number of β-amino-alcohol motifs (C(OH)–C–C–N with tert-alkyl or cyclic N) is 1. The highest BCUT2D eigenvalue weighted by Gasteiger charge is 2.40. The lowest BCUT2D eigenvalue weighted by Crippen LogP contribution is -2.54. The first-order chi connectivity index (χ1) is 17.1. The topological polar surface area (TPSA) is 72.8 Å². The molecule has 5 rings (SSSR count). The van der Waals surface area contributed by atoms with E-state index in [-0.39, 0.29) is 36.4 Å². The summed E-state index contributed by atoms with van der Waals surface area (Å²) in [5.74, 6) is -1.24. The number of piperazine rings is 1. The Morgan fingerprint density at radius 2 is 1.61 bits per heavy atom. The van der Waals surface area contributed by atoms with Gasteiger partial charge >= 0.3 is 6.18 Å². The maximum atomic E-state index is 13.5. The van der Waals surface area contributed by atoms with Crippen molar-refractivity contribution in [2.45, 2.75) is 18.3 Å². The summed E-state index contributed by atoms with van der Waals surface area (Å²) in [4.78, 5) is 25.7. The van der Waals surface area contributed by atoms with Gasteiger partial charge in [0.25, 0.3) is 5.91 Å². The first-order valence-corrected chi connectivity index (χ1v) is 12.1. The number of aromatic nitrogens is 2. The van der Waals surface area contributed by atoms with Crippen LogP contribution in [0.1, 0.15) is 16.2 Å². The summed E-state index contributed by atoms with van der Waals surface area (Å²) >= 11 is 12.0. The molecular formula is C24H22Cl2F3N5O2. The molecule has 2 aromatic carbocycles. The van der Waals surface area contributed by atoms with Crippen LogP contribution < -0.4 is 4.90 Å². The van der Waals surface area contributed by atoms with Gasteiger partial charge in [-0.25, -0.2) is 9.97 Å². The molecule has 1 amide bonds. The molecule has 2 saturated heterocycles. The molecule has 12 heteroatoms. The SMILES string of the molecule is O=C(c1ccc(Cl)cc1)N1CCN(C2CN(c3nc(C(F)(F)F)nc4ccc(Cl)cc34)CC2O)CC1. The average Bonchev–Trinajstić information content (AvgIpc) is 3.24. The van der Waals surface area contributed by atoms with Crippen molar-refractivity contribution in [3.8, 4) is 0 Å². The molecule has 3 heterocycles. The average molecular weight is 540 g/mol. The van der Waals surface area contributed by atoms with Gasteiger partial charge in [0.15, 0.2) is 0 Å². The van der Waals surface area contributed by atoms with Crippen molar-refractivity contribution in [1.82, 2.24) is 19.8 Å². The highest BCUT2D eigenvalue weighted by molar-refractivity contribution is 6.31. The molecule has 2 atom stereocenters. The lowest BCUT2D eigenvalue weighted by Gasteiger charge is -2.38. The van der Waals surface area contributed by atoms with Crippen LogP contribution in [0.2, 0.25) is 10.0 Å². The van der Waals surface area contributed by atoms with Crippen molar-refractivity contribution in [2.24, 2.45) is 0 Å². The Kier molecular flexibility index (Phi) is 6.71. The van der Waals surface area contributed by atoms with Crippen LogP contribution in [0.5, 0.6) is 0 Å². The van der Waals surface area contributed by atoms with E-state index in [2.05, 4.69) is 14.9 Å². The number of alkyl halides is 3. The standard InChI is InChI=1S/C24H22Cl2F3N5O2/c25-15-3-1-14(2-4-15)22(36)33-9-7-32(8-10-33)19-12-34(13-20(19)35)21-17-11-16(26)5-6-18(17)30-23(31-21)24(27,28)29/h1-6,11,19-20,35H,7-10,12-13H2. The summed E-state index contributed by atoms with van der Waals surface area (Å²) in [7, 11) is 0. The van der Waals surface area contributed by atoms with E-state index < -0.39 is 18.1 Å². The zero-order valence-corrected chi connectivity index (χ0v) is 20.4. The lowest BCUT2D eigenvalue weighted by molar-refractivity contribution is -0.144. The van der Waals surface area contributed by atoms with Gasteiger partial charge in [-0.05, 0) is 42.5 Å². The van der Waals surface area contributed by atoms with E-state index in [4.69, 9.17) is 23.2 Å². The second-order valence-electron chi connectivity index (χ2n) is 8.90. The van der Waals surface area contributed by atoms with E-state index in [1.807, 2.05) is 0 Å². The fourth-order valence-electron chi connectivity index (χ4n) is 4.79. The first kappa shape index (κ1) is 25.0. The quantitative estimate of drug-likeness (QED) is 0.543. The molecule has 1 aromatic heterocycles. The Balaban J connectivity index is 1.32. The minimum atomic E-state index is -4.72. The Hall–Kier alpha value is -2.66. The predicted octanol–water partition coefficient (Wildman–Crippen LogP) is 3.96. The van der Waals surface area contributed by atoms with Gasteiger partial charge in [-0.2, -0.15) is 13.2 Å². The van der Waals surface area contributed by atoms with Crippen LogP contribution in [0.25, 0.3) is 10.9 Å². The number of rotatable bonds is 3. The number of anilines is 1. The van der Waals surface area contributed by atoms with Crippen LogP contribution in [0.3, 0.4) is 0 Å². The third kappa shape index (κ3) is 4.95. The highest BCUT2D eigenvalue weighted by Crippen LogP contribution is 2.35. The number of hydrogen-bond donors (Lipinski definition) is 1. The smallest absolute Gasteiger partial charge is 0.390 e. The van der Waals surface area contributed by atoms with E-state index in [1.54, 1.807) is 34.1 Å². The molecule has 0 aliphatic carbocycles. The van der Waals surface area contributed by atoms with Crippen LogP contribution in [0.4, 0.5) is 19.0 Å². The molecular weight excluding hydrogens is 518 g/mol. The summed E-state index contributed by atoms with van der Waals surface area (Å²) in [6.07, 6.45) is -5.52. The van der Waals surface area contributed by atoms with Gasteiger partial charge in [-0.1, -0.05) is 23.2 Å². The minimum Gasteiger partial charge on any atom is -0.390 e. The molecule has 2 fully saturated rings. The largest absolute Gasteiger partial charge is 0.451 e. The molecule has 3 aromatic rings. The molecule has 1 N–H and O–H groups in total. The van der Waals surface area contributed by atoms with Crippen molar-refractivity contribution in [1.29, 1.82) is 0 Å². The zero-order chi connectivity index (χ0) is 25.6. The third-order valence-corrected chi connectivity index (χ3v) is 7.10. The van der Waals surface area contributed by atoms with E-state index >= 15 is 0 Å². The van der Waals surface area contributed by atoms with E-state index in [0.717, 1.165) is 0 Å². The van der Waals surface area contributed by atoms with Gasteiger partial charge in [-0.15, -0.1) is 0 Å². The van der Waals surface area contributed by atoms with Crippen molar-refractivity contribution >= 4 is 45.8 Å². The molecule has 2 unspecified atom stereocenters. The molecule has 0 bridgehead atoms. The predicted molar refractivity (Wildman–Crippen MR) is 130 cm³/mol. The Morgan fingerprint density at radius 3 is 2.28 bits per heavy atom. The minimum absolute atomic E-state index is 0.0907. The number of halogens is 5. The molecule has 2 aliphatic heterocycles. The Morgan fingerprint density at radius 1 is 0.944 bits per heavy atom. The summed E-state index contributed by atoms with van der Waals surface area (Å²) < 4.78 is 40.5. The molecule has 0 spiro atoms. The van der Waals surface area contributed by atoms with Crippen molar-refractivity contribution < 1.29 is 23.1 Å². The van der Waals surface area contributed by atoms with E-state index in [9.17, 15) is 23.1 Å². The Bertz CT molecular complexity index is 1280. The van der Waals surface area contributed by atoms with Crippen LogP contribution in [-0.2, 0) is 6.18 Å². The highest BCUT2D eigenvalue weighted by atomic mass is 35.5. The number of aliphatic hydroxyl groups is 1. The Labute approximate surface area is 215 Å². The number of benzene rings is 2. The maximum Gasteiger partial charge on any atom is 0.451 e. The number of nitrogens with zero attached hydrogens (tertiary/aromatic N) is 5. The number of amides is 1. The van der Waals surface area contributed by atoms with Crippen LogP contribution in [-0.4, -0.2) is 82.2 Å². The third-order valence-electron chi connectivity index (χ3n) is 6.61. The van der Waals surface area contributed by atoms with Gasteiger partial charge < -0.3 is 14.9 Å². The van der Waals surface area contributed by atoms with Crippen LogP contribution >= 0.6 is 23.2 Å². The normalized spacial score (nSPS) is 21.4. The second kappa shape index (κ2) is 9.66. The number of carbonyl (C=O) groups is 1. The second-order valence-corrected chi connectivity index (χ2v) is 9.78. The van der Waals surface area contributed by atoms with Gasteiger partial charge in [0, 0.05) is 60.3 Å². The van der Waals surface area contributed by atoms with Crippen LogP contribution in [0, 0.1) is 0 Å². The summed E-state index contributed by atoms with van der Waals surface area (Å²) in [6.45, 7) is 2.38. The lowest BCUT2D eigenvalue weighted by atomic mass is 10.1. The zero-order valence-electron chi connectivity index (χ0n) is 18.9. The van der Waals surface area contributed by atoms with E-state index in [0.29, 0.717) is 47.2 Å². The van der Waals surface area contributed by atoms with E-state index in [1.165, 1.54) is 18.2 Å². The molecule has 0 saturated carbocycles. The van der Waals surface area contributed by atoms with Gasteiger partial charge in [0.1, 0.15) is 5.82 Å². The molecule has 190 valence electrons. The van der Waals surface area contributed by atoms with Gasteiger partial charge in [0.05, 0.1) is 17.7 Å². The number of carbonyl (C=O) groups excluding carboxylic acids is 1. The number of fused-ring (bicyclic) bond motifs is 1. The maximum absolute atomic E-state index is 13.5. The molecule has 2 aliphatic rings. The monoisotopic (exact) mass is 539 g/mol.